The maximum atomic E-state index is 12.2. The van der Waals surface area contributed by atoms with E-state index in [0.29, 0.717) is 26.3 Å². The number of hydrogen-bond donors (Lipinski definition) is 1. The molecule has 1 aliphatic heterocycles. The summed E-state index contributed by atoms with van der Waals surface area (Å²) < 4.78 is 5.21. The normalized spacial score (nSPS) is 20.7. The molecule has 1 fully saturated rings. The Bertz CT molecular complexity index is 314. The van der Waals surface area contributed by atoms with Crippen LogP contribution in [0.15, 0.2) is 0 Å². The molecule has 19 heavy (non-hydrogen) atoms. The van der Waals surface area contributed by atoms with Crippen molar-refractivity contribution >= 4 is 11.7 Å². The van der Waals surface area contributed by atoms with Gasteiger partial charge in [-0.2, -0.15) is 0 Å². The minimum atomic E-state index is -0.454. The molecule has 1 heterocycles. The molecule has 0 aliphatic carbocycles. The number of ketones is 1. The quantitative estimate of drug-likeness (QED) is 0.775. The van der Waals surface area contributed by atoms with E-state index in [1.54, 1.807) is 11.8 Å². The van der Waals surface area contributed by atoms with Gasteiger partial charge in [0, 0.05) is 25.4 Å². The first-order chi connectivity index (χ1) is 8.97. The van der Waals surface area contributed by atoms with E-state index in [1.807, 2.05) is 13.8 Å². The van der Waals surface area contributed by atoms with Crippen molar-refractivity contribution < 1.29 is 14.3 Å². The van der Waals surface area contributed by atoms with E-state index in [4.69, 9.17) is 10.5 Å². The summed E-state index contributed by atoms with van der Waals surface area (Å²) in [5.74, 6) is -0.102. The molecule has 0 bridgehead atoms. The van der Waals surface area contributed by atoms with Crippen LogP contribution >= 0.6 is 0 Å². The average Bonchev–Trinajstić information content (AvgIpc) is 2.45. The largest absolute Gasteiger partial charge is 0.378 e. The van der Waals surface area contributed by atoms with Gasteiger partial charge in [-0.3, -0.25) is 9.59 Å². The van der Waals surface area contributed by atoms with Crippen LogP contribution in [0, 0.1) is 11.8 Å². The summed E-state index contributed by atoms with van der Waals surface area (Å²) in [7, 11) is 0. The summed E-state index contributed by atoms with van der Waals surface area (Å²) >= 11 is 0. The highest BCUT2D eigenvalue weighted by Crippen LogP contribution is 2.14. The van der Waals surface area contributed by atoms with Crippen LogP contribution in [-0.2, 0) is 14.3 Å². The van der Waals surface area contributed by atoms with Crippen molar-refractivity contribution in [3.63, 3.8) is 0 Å². The van der Waals surface area contributed by atoms with Gasteiger partial charge in [0.1, 0.15) is 0 Å². The predicted molar refractivity (Wildman–Crippen MR) is 73.6 cm³/mol. The second-order valence-corrected chi connectivity index (χ2v) is 5.42. The van der Waals surface area contributed by atoms with Crippen LogP contribution in [0.5, 0.6) is 0 Å². The van der Waals surface area contributed by atoms with Crippen molar-refractivity contribution in [1.29, 1.82) is 0 Å². The third-order valence-electron chi connectivity index (χ3n) is 3.88. The molecule has 110 valence electrons. The minimum Gasteiger partial charge on any atom is -0.378 e. The molecular weight excluding hydrogens is 244 g/mol. The first kappa shape index (κ1) is 16.1. The number of Topliss-reactive ketones (excluding diaryl/α,β-unsaturated/α-hetero) is 1. The van der Waals surface area contributed by atoms with E-state index < -0.39 is 6.04 Å². The fourth-order valence-electron chi connectivity index (χ4n) is 2.19. The molecule has 0 unspecified atom stereocenters. The topological polar surface area (TPSA) is 72.6 Å². The number of carbonyl (C=O) groups is 2. The summed E-state index contributed by atoms with van der Waals surface area (Å²) in [5.41, 5.74) is 5.90. The van der Waals surface area contributed by atoms with Gasteiger partial charge in [-0.05, 0) is 5.92 Å². The number of amides is 1. The van der Waals surface area contributed by atoms with Crippen LogP contribution in [0.2, 0.25) is 0 Å². The fourth-order valence-corrected chi connectivity index (χ4v) is 2.19. The third kappa shape index (κ3) is 4.58. The van der Waals surface area contributed by atoms with Gasteiger partial charge >= 0.3 is 0 Å². The minimum absolute atomic E-state index is 0.0107. The Balaban J connectivity index is 2.46. The lowest BCUT2D eigenvalue weighted by molar-refractivity contribution is -0.141. The van der Waals surface area contributed by atoms with Crippen LogP contribution in [0.25, 0.3) is 0 Å². The van der Waals surface area contributed by atoms with Crippen molar-refractivity contribution in [2.45, 2.75) is 39.7 Å². The van der Waals surface area contributed by atoms with E-state index in [0.717, 1.165) is 6.42 Å². The Kier molecular flexibility index (Phi) is 6.45. The number of hydrogen-bond acceptors (Lipinski definition) is 4. The van der Waals surface area contributed by atoms with E-state index in [9.17, 15) is 9.59 Å². The standard InChI is InChI=1S/C14H26N2O3/c1-4-10(2)13(15)12(17)9-11(3)14(18)16-5-7-19-8-6-16/h10-11,13H,4-9,15H2,1-3H3/t10-,11+,13-/m0/s1. The predicted octanol–water partition coefficient (Wildman–Crippen LogP) is 0.814. The Morgan fingerprint density at radius 1 is 1.26 bits per heavy atom. The number of morpholine rings is 1. The first-order valence-corrected chi connectivity index (χ1v) is 7.12. The van der Waals surface area contributed by atoms with E-state index in [2.05, 4.69) is 0 Å². The van der Waals surface area contributed by atoms with Gasteiger partial charge < -0.3 is 15.4 Å². The molecule has 1 amide bonds. The van der Waals surface area contributed by atoms with Crippen LogP contribution < -0.4 is 5.73 Å². The molecule has 0 aromatic rings. The molecule has 0 radical (unpaired) electrons. The van der Waals surface area contributed by atoms with E-state index in [-0.39, 0.29) is 29.9 Å². The molecule has 3 atom stereocenters. The summed E-state index contributed by atoms with van der Waals surface area (Å²) in [6.07, 6.45) is 1.11. The Hall–Kier alpha value is -0.940. The van der Waals surface area contributed by atoms with Crippen LogP contribution in [0.4, 0.5) is 0 Å². The highest BCUT2D eigenvalue weighted by Gasteiger charge is 2.27. The Morgan fingerprint density at radius 2 is 1.84 bits per heavy atom. The maximum absolute atomic E-state index is 12.2. The van der Waals surface area contributed by atoms with Gasteiger partial charge in [0.15, 0.2) is 5.78 Å². The molecule has 1 rings (SSSR count). The van der Waals surface area contributed by atoms with Crippen molar-refractivity contribution in [3.05, 3.63) is 0 Å². The van der Waals surface area contributed by atoms with Crippen LogP contribution in [-0.4, -0.2) is 48.9 Å². The van der Waals surface area contributed by atoms with Crippen LogP contribution in [0.3, 0.4) is 0 Å². The van der Waals surface area contributed by atoms with Gasteiger partial charge in [0.25, 0.3) is 0 Å². The molecule has 1 saturated heterocycles. The zero-order chi connectivity index (χ0) is 14.4. The molecule has 2 N–H and O–H groups in total. The molecule has 0 saturated carbocycles. The van der Waals surface area contributed by atoms with Gasteiger partial charge in [-0.15, -0.1) is 0 Å². The maximum Gasteiger partial charge on any atom is 0.226 e. The van der Waals surface area contributed by atoms with Gasteiger partial charge in [0.2, 0.25) is 5.91 Å². The lowest BCUT2D eigenvalue weighted by Crippen LogP contribution is -2.45. The monoisotopic (exact) mass is 270 g/mol. The first-order valence-electron chi connectivity index (χ1n) is 7.12. The Labute approximate surface area is 115 Å². The van der Waals surface area contributed by atoms with Crippen LogP contribution in [0.1, 0.15) is 33.6 Å². The highest BCUT2D eigenvalue weighted by atomic mass is 16.5. The second-order valence-electron chi connectivity index (χ2n) is 5.42. The van der Waals surface area contributed by atoms with Crippen molar-refractivity contribution in [1.82, 2.24) is 4.90 Å². The number of rotatable bonds is 6. The summed E-state index contributed by atoms with van der Waals surface area (Å²) in [5, 5.41) is 0. The van der Waals surface area contributed by atoms with Gasteiger partial charge in [0.05, 0.1) is 19.3 Å². The smallest absolute Gasteiger partial charge is 0.226 e. The molecular formula is C14H26N2O3. The van der Waals surface area contributed by atoms with E-state index in [1.165, 1.54) is 0 Å². The van der Waals surface area contributed by atoms with Gasteiger partial charge in [-0.1, -0.05) is 27.2 Å². The molecule has 1 aliphatic rings. The lowest BCUT2D eigenvalue weighted by Gasteiger charge is -2.29. The van der Waals surface area contributed by atoms with E-state index >= 15 is 0 Å². The molecule has 0 aromatic carbocycles. The Morgan fingerprint density at radius 3 is 2.37 bits per heavy atom. The SMILES string of the molecule is CC[C@H](C)[C@H](N)C(=O)C[C@@H](C)C(=O)N1CCOCC1. The number of ether oxygens (including phenoxy) is 1. The van der Waals surface area contributed by atoms with Crippen molar-refractivity contribution in [2.24, 2.45) is 17.6 Å². The number of carbonyl (C=O) groups excluding carboxylic acids is 2. The number of nitrogens with two attached hydrogens (primary N) is 1. The molecule has 5 heteroatoms. The molecule has 0 aromatic heterocycles. The summed E-state index contributed by atoms with van der Waals surface area (Å²) in [6, 6.07) is -0.454. The second kappa shape index (κ2) is 7.60. The van der Waals surface area contributed by atoms with Crippen molar-refractivity contribution in [3.8, 4) is 0 Å². The fraction of sp³-hybridized carbons (Fsp3) is 0.857. The molecule has 5 nitrogen and oxygen atoms in total. The highest BCUT2D eigenvalue weighted by molar-refractivity contribution is 5.89. The summed E-state index contributed by atoms with van der Waals surface area (Å²) in [4.78, 5) is 26.0. The zero-order valence-electron chi connectivity index (χ0n) is 12.2. The average molecular weight is 270 g/mol. The van der Waals surface area contributed by atoms with Gasteiger partial charge in [-0.25, -0.2) is 0 Å². The van der Waals surface area contributed by atoms with Crippen molar-refractivity contribution in [2.75, 3.05) is 26.3 Å². The zero-order valence-corrected chi connectivity index (χ0v) is 12.2. The lowest BCUT2D eigenvalue weighted by atomic mass is 9.91. The summed E-state index contributed by atoms with van der Waals surface area (Å²) in [6.45, 7) is 8.19. The third-order valence-corrected chi connectivity index (χ3v) is 3.88. The molecule has 0 spiro atoms. The number of nitrogens with zero attached hydrogens (tertiary/aromatic N) is 1.